The number of carbonyl (C=O) groups excluding carboxylic acids is 1. The minimum absolute atomic E-state index is 0.0460. The first-order chi connectivity index (χ1) is 8.99. The van der Waals surface area contributed by atoms with E-state index in [0.717, 1.165) is 0 Å². The first-order valence-corrected chi connectivity index (χ1v) is 5.67. The average Bonchev–Trinajstić information content (AvgIpc) is 2.78. The molecule has 0 spiro atoms. The van der Waals surface area contributed by atoms with E-state index < -0.39 is 11.9 Å². The molecule has 0 atom stereocenters. The second-order valence-electron chi connectivity index (χ2n) is 3.84. The van der Waals surface area contributed by atoms with Gasteiger partial charge in [-0.2, -0.15) is 0 Å². The van der Waals surface area contributed by atoms with Crippen LogP contribution in [-0.4, -0.2) is 26.5 Å². The summed E-state index contributed by atoms with van der Waals surface area (Å²) < 4.78 is 1.55. The Morgan fingerprint density at radius 2 is 2.16 bits per heavy atom. The number of halogens is 1. The van der Waals surface area contributed by atoms with Gasteiger partial charge in [0.2, 0.25) is 0 Å². The summed E-state index contributed by atoms with van der Waals surface area (Å²) in [6.07, 6.45) is 2.90. The molecule has 0 saturated heterocycles. The van der Waals surface area contributed by atoms with Gasteiger partial charge >= 0.3 is 5.97 Å². The highest BCUT2D eigenvalue weighted by atomic mass is 35.5. The van der Waals surface area contributed by atoms with Crippen molar-refractivity contribution in [2.45, 2.75) is 0 Å². The Balaban J connectivity index is 2.28. The van der Waals surface area contributed by atoms with Crippen molar-refractivity contribution in [2.24, 2.45) is 7.05 Å². The fourth-order valence-electron chi connectivity index (χ4n) is 1.52. The van der Waals surface area contributed by atoms with Gasteiger partial charge in [-0.25, -0.2) is 9.78 Å². The monoisotopic (exact) mass is 279 g/mol. The molecule has 0 fully saturated rings. The van der Waals surface area contributed by atoms with Crippen molar-refractivity contribution in [1.82, 2.24) is 9.55 Å². The number of carboxylic acids is 1. The SMILES string of the molecule is Cn1cncc1C(=O)Nc1cc(C(=O)O)ccc1Cl. The molecule has 6 nitrogen and oxygen atoms in total. The molecule has 0 aliphatic carbocycles. The van der Waals surface area contributed by atoms with Crippen molar-refractivity contribution >= 4 is 29.2 Å². The number of aromatic carboxylic acids is 1. The molecule has 19 heavy (non-hydrogen) atoms. The van der Waals surface area contributed by atoms with Gasteiger partial charge in [0.25, 0.3) is 5.91 Å². The van der Waals surface area contributed by atoms with E-state index in [2.05, 4.69) is 10.3 Å². The Hall–Kier alpha value is -2.34. The fraction of sp³-hybridized carbons (Fsp3) is 0.0833. The normalized spacial score (nSPS) is 10.2. The number of amides is 1. The number of carbonyl (C=O) groups is 2. The molecule has 0 saturated carbocycles. The molecule has 98 valence electrons. The summed E-state index contributed by atoms with van der Waals surface area (Å²) in [6, 6.07) is 4.09. The Morgan fingerprint density at radius 1 is 1.42 bits per heavy atom. The summed E-state index contributed by atoms with van der Waals surface area (Å²) in [6.45, 7) is 0. The number of anilines is 1. The number of aromatic nitrogens is 2. The molecule has 2 N–H and O–H groups in total. The third-order valence-corrected chi connectivity index (χ3v) is 2.84. The maximum absolute atomic E-state index is 12.0. The van der Waals surface area contributed by atoms with Gasteiger partial charge in [0, 0.05) is 7.05 Å². The molecule has 7 heteroatoms. The van der Waals surface area contributed by atoms with Gasteiger partial charge < -0.3 is 15.0 Å². The van der Waals surface area contributed by atoms with Crippen LogP contribution in [0, 0.1) is 0 Å². The largest absolute Gasteiger partial charge is 0.478 e. The maximum Gasteiger partial charge on any atom is 0.335 e. The predicted molar refractivity (Wildman–Crippen MR) is 69.6 cm³/mol. The van der Waals surface area contributed by atoms with Crippen molar-refractivity contribution in [3.05, 3.63) is 47.0 Å². The second-order valence-corrected chi connectivity index (χ2v) is 4.25. The Bertz CT molecular complexity index is 651. The summed E-state index contributed by atoms with van der Waals surface area (Å²) in [5.74, 6) is -1.50. The lowest BCUT2D eigenvalue weighted by molar-refractivity contribution is 0.0696. The first-order valence-electron chi connectivity index (χ1n) is 5.29. The minimum atomic E-state index is -1.09. The molecule has 1 aromatic heterocycles. The number of aryl methyl sites for hydroxylation is 1. The molecule has 1 amide bonds. The number of imidazole rings is 1. The van der Waals surface area contributed by atoms with Gasteiger partial charge in [-0.1, -0.05) is 11.6 Å². The number of nitrogens with one attached hydrogen (secondary N) is 1. The lowest BCUT2D eigenvalue weighted by Gasteiger charge is -2.08. The number of hydrogen-bond acceptors (Lipinski definition) is 3. The van der Waals surface area contributed by atoms with E-state index in [1.54, 1.807) is 11.6 Å². The smallest absolute Gasteiger partial charge is 0.335 e. The van der Waals surface area contributed by atoms with Crippen LogP contribution in [0.3, 0.4) is 0 Å². The fourth-order valence-corrected chi connectivity index (χ4v) is 1.68. The number of carboxylic acid groups (broad SMARTS) is 1. The standard InChI is InChI=1S/C12H10ClN3O3/c1-16-6-14-5-10(16)11(17)15-9-4-7(12(18)19)2-3-8(9)13/h2-6H,1H3,(H,15,17)(H,18,19). The zero-order chi connectivity index (χ0) is 14.0. The minimum Gasteiger partial charge on any atom is -0.478 e. The van der Waals surface area contributed by atoms with Crippen LogP contribution < -0.4 is 5.32 Å². The molecule has 2 aromatic rings. The Kier molecular flexibility index (Phi) is 3.52. The van der Waals surface area contributed by atoms with Gasteiger partial charge in [0.15, 0.2) is 0 Å². The highest BCUT2D eigenvalue weighted by molar-refractivity contribution is 6.34. The molecular formula is C12H10ClN3O3. The molecule has 2 rings (SSSR count). The van der Waals surface area contributed by atoms with E-state index in [1.165, 1.54) is 30.7 Å². The number of nitrogens with zero attached hydrogens (tertiary/aromatic N) is 2. The molecule has 0 unspecified atom stereocenters. The quantitative estimate of drug-likeness (QED) is 0.900. The Labute approximate surface area is 113 Å². The van der Waals surface area contributed by atoms with E-state index in [9.17, 15) is 9.59 Å². The molecular weight excluding hydrogens is 270 g/mol. The zero-order valence-corrected chi connectivity index (χ0v) is 10.7. The van der Waals surface area contributed by atoms with Crippen LogP contribution in [0.2, 0.25) is 5.02 Å². The number of rotatable bonds is 3. The molecule has 0 aliphatic rings. The summed E-state index contributed by atoms with van der Waals surface area (Å²) in [4.78, 5) is 26.6. The molecule has 1 aromatic carbocycles. The third-order valence-electron chi connectivity index (χ3n) is 2.51. The van der Waals surface area contributed by atoms with E-state index in [-0.39, 0.29) is 16.3 Å². The van der Waals surface area contributed by atoms with Crippen molar-refractivity contribution in [3.8, 4) is 0 Å². The van der Waals surface area contributed by atoms with Crippen LogP contribution in [0.15, 0.2) is 30.7 Å². The molecule has 0 radical (unpaired) electrons. The van der Waals surface area contributed by atoms with Gasteiger partial charge in [-0.05, 0) is 18.2 Å². The molecule has 1 heterocycles. The van der Waals surface area contributed by atoms with Gasteiger partial charge in [-0.15, -0.1) is 0 Å². The van der Waals surface area contributed by atoms with Gasteiger partial charge in [0.1, 0.15) is 5.69 Å². The van der Waals surface area contributed by atoms with Crippen molar-refractivity contribution in [2.75, 3.05) is 5.32 Å². The van der Waals surface area contributed by atoms with Gasteiger partial charge in [0.05, 0.1) is 28.8 Å². The van der Waals surface area contributed by atoms with Gasteiger partial charge in [-0.3, -0.25) is 4.79 Å². The number of hydrogen-bond donors (Lipinski definition) is 2. The van der Waals surface area contributed by atoms with Crippen molar-refractivity contribution in [1.29, 1.82) is 0 Å². The van der Waals surface area contributed by atoms with Crippen molar-refractivity contribution in [3.63, 3.8) is 0 Å². The number of benzene rings is 1. The lowest BCUT2D eigenvalue weighted by atomic mass is 10.2. The Morgan fingerprint density at radius 3 is 2.74 bits per heavy atom. The third kappa shape index (κ3) is 2.74. The second kappa shape index (κ2) is 5.11. The van der Waals surface area contributed by atoms with Crippen LogP contribution in [0.5, 0.6) is 0 Å². The lowest BCUT2D eigenvalue weighted by Crippen LogP contribution is -2.16. The average molecular weight is 280 g/mol. The zero-order valence-electron chi connectivity index (χ0n) is 9.92. The summed E-state index contributed by atoms with van der Waals surface area (Å²) >= 11 is 5.92. The van der Waals surface area contributed by atoms with E-state index in [1.807, 2.05) is 0 Å². The maximum atomic E-state index is 12.0. The van der Waals surface area contributed by atoms with E-state index in [4.69, 9.17) is 16.7 Å². The summed E-state index contributed by atoms with van der Waals surface area (Å²) in [7, 11) is 1.68. The van der Waals surface area contributed by atoms with Crippen LogP contribution in [0.4, 0.5) is 5.69 Å². The van der Waals surface area contributed by atoms with Crippen molar-refractivity contribution < 1.29 is 14.7 Å². The summed E-state index contributed by atoms with van der Waals surface area (Å²) in [5.41, 5.74) is 0.634. The predicted octanol–water partition coefficient (Wildman–Crippen LogP) is 2.02. The van der Waals surface area contributed by atoms with Crippen LogP contribution in [-0.2, 0) is 7.05 Å². The highest BCUT2D eigenvalue weighted by Crippen LogP contribution is 2.23. The molecule has 0 bridgehead atoms. The van der Waals surface area contributed by atoms with Crippen LogP contribution in [0.25, 0.3) is 0 Å². The first kappa shape index (κ1) is 13.1. The van der Waals surface area contributed by atoms with Crippen LogP contribution in [0.1, 0.15) is 20.8 Å². The van der Waals surface area contributed by atoms with E-state index >= 15 is 0 Å². The highest BCUT2D eigenvalue weighted by Gasteiger charge is 2.13. The topological polar surface area (TPSA) is 84.2 Å². The molecule has 0 aliphatic heterocycles. The van der Waals surface area contributed by atoms with E-state index in [0.29, 0.717) is 5.69 Å². The van der Waals surface area contributed by atoms with Crippen LogP contribution >= 0.6 is 11.6 Å². The summed E-state index contributed by atoms with van der Waals surface area (Å²) in [5, 5.41) is 11.7.